The Bertz CT molecular complexity index is 750. The van der Waals surface area contributed by atoms with Crippen LogP contribution in [0.5, 0.6) is 0 Å². The van der Waals surface area contributed by atoms with Gasteiger partial charge in [0.1, 0.15) is 5.69 Å². The molecule has 0 amide bonds. The van der Waals surface area contributed by atoms with E-state index < -0.39 is 5.97 Å². The number of hydrogen-bond acceptors (Lipinski definition) is 4. The van der Waals surface area contributed by atoms with Crippen molar-refractivity contribution in [2.45, 2.75) is 25.3 Å². The number of halogens is 1. The van der Waals surface area contributed by atoms with E-state index in [-0.39, 0.29) is 17.5 Å². The molecule has 1 saturated carbocycles. The van der Waals surface area contributed by atoms with Gasteiger partial charge in [-0.2, -0.15) is 5.10 Å². The van der Waals surface area contributed by atoms with E-state index in [4.69, 9.17) is 0 Å². The minimum Gasteiger partial charge on any atom is -0.469 e. The van der Waals surface area contributed by atoms with Crippen LogP contribution in [0.1, 0.15) is 24.6 Å². The summed E-state index contributed by atoms with van der Waals surface area (Å²) >= 11 is 3.41. The molecule has 1 fully saturated rings. The third kappa shape index (κ3) is 2.35. The van der Waals surface area contributed by atoms with Gasteiger partial charge in [0, 0.05) is 9.86 Å². The standard InChI is InChI=1S/C14H13BrN2O3/c1-20-13(18)7-11-14(19)10-5-2-8(15)6-12(10)17(16-11)9-3-4-9/h2,5-6,9H,3-4,7H2,1H3. The molecule has 1 aliphatic carbocycles. The lowest BCUT2D eigenvalue weighted by atomic mass is 10.1. The maximum atomic E-state index is 12.4. The second-order valence-electron chi connectivity index (χ2n) is 4.87. The van der Waals surface area contributed by atoms with E-state index in [0.29, 0.717) is 11.4 Å². The Balaban J connectivity index is 2.22. The van der Waals surface area contributed by atoms with Gasteiger partial charge in [-0.3, -0.25) is 14.3 Å². The van der Waals surface area contributed by atoms with Crippen molar-refractivity contribution in [2.24, 2.45) is 0 Å². The van der Waals surface area contributed by atoms with Crippen molar-refractivity contribution in [1.82, 2.24) is 9.78 Å². The van der Waals surface area contributed by atoms with E-state index in [1.165, 1.54) is 7.11 Å². The monoisotopic (exact) mass is 336 g/mol. The molecule has 0 radical (unpaired) electrons. The third-order valence-corrected chi connectivity index (χ3v) is 3.87. The zero-order valence-corrected chi connectivity index (χ0v) is 12.5. The van der Waals surface area contributed by atoms with Gasteiger partial charge in [0.25, 0.3) is 0 Å². The molecule has 0 saturated heterocycles. The molecule has 2 aromatic rings. The summed E-state index contributed by atoms with van der Waals surface area (Å²) < 4.78 is 7.39. The first kappa shape index (κ1) is 13.3. The average Bonchev–Trinajstić information content (AvgIpc) is 3.26. The number of carbonyl (C=O) groups excluding carboxylic acids is 1. The van der Waals surface area contributed by atoms with E-state index >= 15 is 0 Å². The molecule has 1 heterocycles. The summed E-state index contributed by atoms with van der Waals surface area (Å²) in [5.41, 5.74) is 0.855. The first-order valence-electron chi connectivity index (χ1n) is 6.38. The summed E-state index contributed by atoms with van der Waals surface area (Å²) in [5.74, 6) is -0.451. The van der Waals surface area contributed by atoms with Crippen LogP contribution in [0.2, 0.25) is 0 Å². The largest absolute Gasteiger partial charge is 0.469 e. The number of esters is 1. The zero-order chi connectivity index (χ0) is 14.3. The van der Waals surface area contributed by atoms with E-state index in [9.17, 15) is 9.59 Å². The van der Waals surface area contributed by atoms with Gasteiger partial charge >= 0.3 is 5.97 Å². The van der Waals surface area contributed by atoms with Crippen LogP contribution in [0, 0.1) is 0 Å². The second-order valence-corrected chi connectivity index (χ2v) is 5.78. The Hall–Kier alpha value is -1.69. The van der Waals surface area contributed by atoms with Gasteiger partial charge in [-0.1, -0.05) is 15.9 Å². The molecule has 1 aliphatic rings. The van der Waals surface area contributed by atoms with E-state index in [1.54, 1.807) is 6.07 Å². The minimum atomic E-state index is -0.451. The number of benzene rings is 1. The number of carbonyl (C=O) groups is 1. The van der Waals surface area contributed by atoms with Crippen LogP contribution < -0.4 is 5.43 Å². The average molecular weight is 337 g/mol. The molecule has 1 aromatic heterocycles. The molecule has 6 heteroatoms. The highest BCUT2D eigenvalue weighted by Crippen LogP contribution is 2.36. The van der Waals surface area contributed by atoms with Crippen LogP contribution in [-0.4, -0.2) is 22.9 Å². The van der Waals surface area contributed by atoms with Crippen LogP contribution in [0.15, 0.2) is 27.5 Å². The van der Waals surface area contributed by atoms with Crippen molar-refractivity contribution < 1.29 is 9.53 Å². The Labute approximate surface area is 123 Å². The molecule has 20 heavy (non-hydrogen) atoms. The molecule has 0 bridgehead atoms. The molecule has 0 N–H and O–H groups in total. The van der Waals surface area contributed by atoms with Gasteiger partial charge in [-0.15, -0.1) is 0 Å². The summed E-state index contributed by atoms with van der Waals surface area (Å²) in [6.45, 7) is 0. The topological polar surface area (TPSA) is 61.2 Å². The minimum absolute atomic E-state index is 0.0892. The van der Waals surface area contributed by atoms with Gasteiger partial charge < -0.3 is 4.74 Å². The lowest BCUT2D eigenvalue weighted by Gasteiger charge is -2.11. The SMILES string of the molecule is COC(=O)Cc1nn(C2CC2)c2cc(Br)ccc2c1=O. The highest BCUT2D eigenvalue weighted by atomic mass is 79.9. The van der Waals surface area contributed by atoms with Crippen molar-refractivity contribution in [3.8, 4) is 0 Å². The third-order valence-electron chi connectivity index (χ3n) is 3.37. The first-order valence-corrected chi connectivity index (χ1v) is 7.17. The predicted molar refractivity (Wildman–Crippen MR) is 77.7 cm³/mol. The molecule has 3 rings (SSSR count). The summed E-state index contributed by atoms with van der Waals surface area (Å²) in [7, 11) is 1.31. The van der Waals surface area contributed by atoms with E-state index in [2.05, 4.69) is 25.8 Å². The number of nitrogens with zero attached hydrogens (tertiary/aromatic N) is 2. The molecular weight excluding hydrogens is 324 g/mol. The molecule has 104 valence electrons. The Kier molecular flexibility index (Phi) is 3.33. The highest BCUT2D eigenvalue weighted by Gasteiger charge is 2.27. The second kappa shape index (κ2) is 5.01. The summed E-state index contributed by atoms with van der Waals surface area (Å²) in [5, 5.41) is 4.97. The van der Waals surface area contributed by atoms with Crippen molar-refractivity contribution in [1.29, 1.82) is 0 Å². The first-order chi connectivity index (χ1) is 9.60. The number of ether oxygens (including phenoxy) is 1. The Morgan fingerprint density at radius 1 is 1.50 bits per heavy atom. The smallest absolute Gasteiger partial charge is 0.311 e. The number of hydrogen-bond donors (Lipinski definition) is 0. The van der Waals surface area contributed by atoms with Gasteiger partial charge in [0.2, 0.25) is 5.43 Å². The lowest BCUT2D eigenvalue weighted by molar-refractivity contribution is -0.139. The van der Waals surface area contributed by atoms with Gasteiger partial charge in [-0.05, 0) is 31.0 Å². The van der Waals surface area contributed by atoms with Crippen LogP contribution >= 0.6 is 15.9 Å². The van der Waals surface area contributed by atoms with Crippen molar-refractivity contribution in [2.75, 3.05) is 7.11 Å². The summed E-state index contributed by atoms with van der Waals surface area (Å²) in [6, 6.07) is 5.81. The fraction of sp³-hybridized carbons (Fsp3) is 0.357. The maximum absolute atomic E-state index is 12.4. The molecule has 0 atom stereocenters. The molecular formula is C14H13BrN2O3. The van der Waals surface area contributed by atoms with E-state index in [0.717, 1.165) is 22.8 Å². The van der Waals surface area contributed by atoms with E-state index in [1.807, 2.05) is 16.8 Å². The summed E-state index contributed by atoms with van der Waals surface area (Å²) in [4.78, 5) is 23.8. The lowest BCUT2D eigenvalue weighted by Crippen LogP contribution is -2.22. The number of aromatic nitrogens is 2. The molecule has 0 spiro atoms. The number of methoxy groups -OCH3 is 1. The van der Waals surface area contributed by atoms with Crippen LogP contribution in [-0.2, 0) is 16.0 Å². The molecule has 5 nitrogen and oxygen atoms in total. The van der Waals surface area contributed by atoms with Crippen LogP contribution in [0.3, 0.4) is 0 Å². The molecule has 1 aromatic carbocycles. The maximum Gasteiger partial charge on any atom is 0.311 e. The molecule has 0 aliphatic heterocycles. The Morgan fingerprint density at radius 2 is 2.25 bits per heavy atom. The Morgan fingerprint density at radius 3 is 2.90 bits per heavy atom. The predicted octanol–water partition coefficient (Wildman–Crippen LogP) is 2.21. The van der Waals surface area contributed by atoms with Gasteiger partial charge in [0.05, 0.1) is 25.1 Å². The highest BCUT2D eigenvalue weighted by molar-refractivity contribution is 9.10. The van der Waals surface area contributed by atoms with Gasteiger partial charge in [0.15, 0.2) is 0 Å². The van der Waals surface area contributed by atoms with Crippen molar-refractivity contribution in [3.63, 3.8) is 0 Å². The van der Waals surface area contributed by atoms with Crippen molar-refractivity contribution >= 4 is 32.8 Å². The fourth-order valence-corrected chi connectivity index (χ4v) is 2.54. The number of rotatable bonds is 3. The summed E-state index contributed by atoms with van der Waals surface area (Å²) in [6.07, 6.45) is 2.01. The normalized spacial score (nSPS) is 14.5. The van der Waals surface area contributed by atoms with Crippen LogP contribution in [0.25, 0.3) is 10.9 Å². The number of fused-ring (bicyclic) bond motifs is 1. The fourth-order valence-electron chi connectivity index (χ4n) is 2.19. The van der Waals surface area contributed by atoms with Gasteiger partial charge in [-0.25, -0.2) is 0 Å². The van der Waals surface area contributed by atoms with Crippen LogP contribution in [0.4, 0.5) is 0 Å². The quantitative estimate of drug-likeness (QED) is 0.806. The zero-order valence-electron chi connectivity index (χ0n) is 10.9. The van der Waals surface area contributed by atoms with Crippen molar-refractivity contribution in [3.05, 3.63) is 38.6 Å². The molecule has 0 unspecified atom stereocenters.